The summed E-state index contributed by atoms with van der Waals surface area (Å²) in [7, 11) is 3.61. The lowest BCUT2D eigenvalue weighted by Gasteiger charge is -2.22. The van der Waals surface area contributed by atoms with E-state index in [4.69, 9.17) is 37.4 Å². The predicted molar refractivity (Wildman–Crippen MR) is 156 cm³/mol. The first-order valence-corrected chi connectivity index (χ1v) is 13.8. The van der Waals surface area contributed by atoms with Crippen LogP contribution in [0.4, 0.5) is 14.6 Å². The molecule has 0 spiro atoms. The Morgan fingerprint density at radius 3 is 2.48 bits per heavy atom. The van der Waals surface area contributed by atoms with Gasteiger partial charge in [0.1, 0.15) is 11.9 Å². The van der Waals surface area contributed by atoms with E-state index in [1.165, 1.54) is 36.5 Å². The van der Waals surface area contributed by atoms with E-state index in [0.717, 1.165) is 12.8 Å². The lowest BCUT2D eigenvalue weighted by atomic mass is 9.99. The van der Waals surface area contributed by atoms with Gasteiger partial charge in [-0.15, -0.1) is 0 Å². The summed E-state index contributed by atoms with van der Waals surface area (Å²) in [6.07, 6.45) is 5.27. The smallest absolute Gasteiger partial charge is 0.387 e. The molecule has 12 heteroatoms. The molecule has 1 heterocycles. The van der Waals surface area contributed by atoms with Gasteiger partial charge in [0.2, 0.25) is 0 Å². The van der Waals surface area contributed by atoms with Gasteiger partial charge in [-0.05, 0) is 61.1 Å². The molecule has 0 radical (unpaired) electrons. The first kappa shape index (κ1) is 32.9. The van der Waals surface area contributed by atoms with E-state index in [9.17, 15) is 18.4 Å². The molecule has 1 aliphatic carbocycles. The molecule has 0 amide bonds. The van der Waals surface area contributed by atoms with Crippen LogP contribution in [0.1, 0.15) is 48.2 Å². The maximum Gasteiger partial charge on any atom is 0.387 e. The number of alkyl halides is 2. The molecule has 0 saturated heterocycles. The molecule has 1 saturated carbocycles. The fraction of sp³-hybridized carbons (Fsp3) is 0.367. The maximum absolute atomic E-state index is 13.1. The number of anilines is 1. The Kier molecular flexibility index (Phi) is 12.2. The number of carbonyl (C=O) groups is 2. The van der Waals surface area contributed by atoms with E-state index >= 15 is 0 Å². The highest BCUT2D eigenvalue weighted by Gasteiger charge is 2.26. The molecular formula is C30H32Cl2F2N2O6. The second-order valence-corrected chi connectivity index (χ2v) is 10.4. The van der Waals surface area contributed by atoms with E-state index in [0.29, 0.717) is 34.5 Å². The Bertz CT molecular complexity index is 1330. The molecule has 0 aliphatic heterocycles. The highest BCUT2D eigenvalue weighted by atomic mass is 35.5. The third-order valence-corrected chi connectivity index (χ3v) is 6.99. The number of rotatable bonds is 15. The van der Waals surface area contributed by atoms with Gasteiger partial charge in [-0.25, -0.2) is 14.6 Å². The predicted octanol–water partition coefficient (Wildman–Crippen LogP) is 7.19. The second-order valence-electron chi connectivity index (χ2n) is 9.56. The van der Waals surface area contributed by atoms with Gasteiger partial charge in [-0.2, -0.15) is 8.78 Å². The van der Waals surface area contributed by atoms with Gasteiger partial charge in [0, 0.05) is 36.8 Å². The van der Waals surface area contributed by atoms with Crippen molar-refractivity contribution in [1.82, 2.24) is 4.98 Å². The number of ether oxygens (including phenoxy) is 4. The summed E-state index contributed by atoms with van der Waals surface area (Å²) in [6.45, 7) is 1.94. The van der Waals surface area contributed by atoms with E-state index in [2.05, 4.69) is 16.3 Å². The number of esters is 2. The molecule has 0 N–H and O–H groups in total. The number of hydrogen-bond donors (Lipinski definition) is 0. The zero-order valence-corrected chi connectivity index (χ0v) is 25.0. The number of aromatic nitrogens is 1. The number of allylic oxidation sites excluding steroid dienone is 4. The molecule has 8 nitrogen and oxygen atoms in total. The zero-order chi connectivity index (χ0) is 30.8. The SMILES string of the molecule is C=C/C(Cl)=C(C[C@H](OC(=O)COC(=O)c1ccc(N(C)C)nc1)c1ccc(OC(F)F)c(OCC2CC2)c1)\C(Cl)=C/C. The Morgan fingerprint density at radius 1 is 1.17 bits per heavy atom. The van der Waals surface area contributed by atoms with Crippen molar-refractivity contribution in [2.24, 2.45) is 5.92 Å². The molecule has 1 atom stereocenters. The molecule has 42 heavy (non-hydrogen) atoms. The van der Waals surface area contributed by atoms with Crippen LogP contribution < -0.4 is 14.4 Å². The molecule has 1 fully saturated rings. The minimum Gasteiger partial charge on any atom is -0.489 e. The van der Waals surface area contributed by atoms with Gasteiger partial charge in [-0.3, -0.25) is 0 Å². The topological polar surface area (TPSA) is 87.2 Å². The molecule has 1 aromatic heterocycles. The zero-order valence-electron chi connectivity index (χ0n) is 23.4. The van der Waals surface area contributed by atoms with Crippen LogP contribution in [0.25, 0.3) is 0 Å². The Balaban J connectivity index is 1.85. The number of hydrogen-bond acceptors (Lipinski definition) is 8. The lowest BCUT2D eigenvalue weighted by Crippen LogP contribution is -2.20. The van der Waals surface area contributed by atoms with Crippen LogP contribution in [0, 0.1) is 5.92 Å². The number of halogens is 4. The van der Waals surface area contributed by atoms with Crippen LogP contribution in [0.5, 0.6) is 11.5 Å². The summed E-state index contributed by atoms with van der Waals surface area (Å²) >= 11 is 12.8. The molecule has 3 rings (SSSR count). The van der Waals surface area contributed by atoms with E-state index in [1.54, 1.807) is 38.1 Å². The first-order chi connectivity index (χ1) is 20.0. The van der Waals surface area contributed by atoms with Gasteiger partial charge >= 0.3 is 18.6 Å². The lowest BCUT2D eigenvalue weighted by molar-refractivity contribution is -0.153. The van der Waals surface area contributed by atoms with Crippen molar-refractivity contribution in [3.8, 4) is 11.5 Å². The summed E-state index contributed by atoms with van der Waals surface area (Å²) in [5.41, 5.74) is 0.961. The summed E-state index contributed by atoms with van der Waals surface area (Å²) in [4.78, 5) is 31.3. The van der Waals surface area contributed by atoms with E-state index < -0.39 is 31.3 Å². The Morgan fingerprint density at radius 2 is 1.90 bits per heavy atom. The molecule has 1 aromatic carbocycles. The number of carbonyl (C=O) groups excluding carboxylic acids is 2. The molecule has 0 unspecified atom stereocenters. The summed E-state index contributed by atoms with van der Waals surface area (Å²) in [5, 5.41) is 0.519. The third kappa shape index (κ3) is 9.73. The van der Waals surface area contributed by atoms with Gasteiger partial charge in [0.15, 0.2) is 18.1 Å². The summed E-state index contributed by atoms with van der Waals surface area (Å²) in [6, 6.07) is 7.40. The maximum atomic E-state index is 13.1. The number of nitrogens with zero attached hydrogens (tertiary/aromatic N) is 2. The molecular weight excluding hydrogens is 593 g/mol. The van der Waals surface area contributed by atoms with Crippen molar-refractivity contribution in [3.63, 3.8) is 0 Å². The highest BCUT2D eigenvalue weighted by Crippen LogP contribution is 2.39. The summed E-state index contributed by atoms with van der Waals surface area (Å²) < 4.78 is 47.4. The third-order valence-electron chi connectivity index (χ3n) is 6.16. The van der Waals surface area contributed by atoms with Crippen molar-refractivity contribution < 1.29 is 37.3 Å². The minimum atomic E-state index is -3.06. The average molecular weight is 625 g/mol. The second kappa shape index (κ2) is 15.6. The largest absolute Gasteiger partial charge is 0.489 e. The first-order valence-electron chi connectivity index (χ1n) is 13.1. The van der Waals surface area contributed by atoms with Crippen LogP contribution in [0.3, 0.4) is 0 Å². The molecule has 226 valence electrons. The summed E-state index contributed by atoms with van der Waals surface area (Å²) in [5.74, 6) is -0.753. The van der Waals surface area contributed by atoms with Crippen molar-refractivity contribution in [3.05, 3.63) is 82.0 Å². The number of benzene rings is 1. The molecule has 1 aliphatic rings. The van der Waals surface area contributed by atoms with Crippen LogP contribution in [0.15, 0.2) is 70.9 Å². The Hall–Kier alpha value is -3.63. The quantitative estimate of drug-likeness (QED) is 0.152. The van der Waals surface area contributed by atoms with Crippen LogP contribution in [-0.2, 0) is 14.3 Å². The van der Waals surface area contributed by atoms with Gasteiger partial charge in [0.25, 0.3) is 0 Å². The van der Waals surface area contributed by atoms with Crippen LogP contribution >= 0.6 is 23.2 Å². The van der Waals surface area contributed by atoms with Gasteiger partial charge in [-0.1, -0.05) is 48.0 Å². The van der Waals surface area contributed by atoms with Gasteiger partial charge < -0.3 is 23.8 Å². The average Bonchev–Trinajstić information content (AvgIpc) is 3.81. The standard InChI is InChI=1S/C30H32Cl2F2N2O6/c1-5-22(31)21(23(32)6-2)14-25(19-9-11-24(42-30(33)34)26(13-19)39-16-18-7-8-18)41-28(37)17-40-29(38)20-10-12-27(35-15-20)36(3)4/h5-6,9-13,15,18,25,30H,1,7-8,14,16-17H2,2-4H3/b22-21+,23-6+/t25-/m0/s1. The van der Waals surface area contributed by atoms with Crippen molar-refractivity contribution >= 4 is 41.0 Å². The number of pyridine rings is 1. The fourth-order valence-electron chi connectivity index (χ4n) is 3.71. The van der Waals surface area contributed by atoms with Crippen LogP contribution in [-0.4, -0.2) is 50.8 Å². The highest BCUT2D eigenvalue weighted by molar-refractivity contribution is 6.36. The molecule has 0 bridgehead atoms. The minimum absolute atomic E-state index is 0.0131. The van der Waals surface area contributed by atoms with Crippen molar-refractivity contribution in [2.75, 3.05) is 32.2 Å². The van der Waals surface area contributed by atoms with Gasteiger partial charge in [0.05, 0.1) is 12.2 Å². The fourth-order valence-corrected chi connectivity index (χ4v) is 4.12. The van der Waals surface area contributed by atoms with Crippen molar-refractivity contribution in [2.45, 2.75) is 38.9 Å². The molecule has 2 aromatic rings. The van der Waals surface area contributed by atoms with E-state index in [-0.39, 0.29) is 28.5 Å². The Labute approximate surface area is 253 Å². The normalized spacial score (nSPS) is 14.5. The van der Waals surface area contributed by atoms with Crippen LogP contribution in [0.2, 0.25) is 0 Å². The van der Waals surface area contributed by atoms with Crippen molar-refractivity contribution in [1.29, 1.82) is 0 Å². The monoisotopic (exact) mass is 624 g/mol. The van der Waals surface area contributed by atoms with E-state index in [1.807, 2.05) is 0 Å².